The summed E-state index contributed by atoms with van der Waals surface area (Å²) in [4.78, 5) is 2.66. The summed E-state index contributed by atoms with van der Waals surface area (Å²) >= 11 is 0. The Balaban J connectivity index is 1.68. The van der Waals surface area contributed by atoms with Crippen molar-refractivity contribution in [3.63, 3.8) is 0 Å². The first-order valence-electron chi connectivity index (χ1n) is 8.57. The fourth-order valence-electron chi connectivity index (χ4n) is 4.17. The Bertz CT molecular complexity index is 704. The van der Waals surface area contributed by atoms with E-state index in [1.165, 1.54) is 36.1 Å². The summed E-state index contributed by atoms with van der Waals surface area (Å²) < 4.78 is 0. The van der Waals surface area contributed by atoms with Gasteiger partial charge < -0.3 is 5.11 Å². The quantitative estimate of drug-likeness (QED) is 0.927. The van der Waals surface area contributed by atoms with E-state index in [9.17, 15) is 0 Å². The molecule has 2 atom stereocenters. The van der Waals surface area contributed by atoms with Crippen LogP contribution in [0.4, 0.5) is 0 Å². The van der Waals surface area contributed by atoms with Crippen molar-refractivity contribution in [1.29, 1.82) is 0 Å². The van der Waals surface area contributed by atoms with Gasteiger partial charge in [0.2, 0.25) is 0 Å². The summed E-state index contributed by atoms with van der Waals surface area (Å²) in [5, 5.41) is 8.89. The van der Waals surface area contributed by atoms with Crippen molar-refractivity contribution < 1.29 is 5.11 Å². The van der Waals surface area contributed by atoms with Gasteiger partial charge in [0.25, 0.3) is 0 Å². The molecule has 2 nitrogen and oxygen atoms in total. The Kier molecular flexibility index (Phi) is 4.02. The van der Waals surface area contributed by atoms with Crippen molar-refractivity contribution in [3.8, 4) is 0 Å². The van der Waals surface area contributed by atoms with Crippen LogP contribution in [0.3, 0.4) is 0 Å². The van der Waals surface area contributed by atoms with Crippen LogP contribution in [0.15, 0.2) is 54.6 Å². The third-order valence-corrected chi connectivity index (χ3v) is 5.27. The van der Waals surface area contributed by atoms with Crippen LogP contribution >= 0.6 is 0 Å². The molecule has 0 aromatic heterocycles. The van der Waals surface area contributed by atoms with E-state index in [2.05, 4.69) is 53.4 Å². The highest BCUT2D eigenvalue weighted by molar-refractivity contribution is 5.51. The topological polar surface area (TPSA) is 23.5 Å². The lowest BCUT2D eigenvalue weighted by molar-refractivity contribution is 0.230. The van der Waals surface area contributed by atoms with E-state index in [4.69, 9.17) is 5.11 Å². The van der Waals surface area contributed by atoms with E-state index in [-0.39, 0.29) is 6.61 Å². The molecule has 1 N–H and O–H groups in total. The lowest BCUT2D eigenvalue weighted by Crippen LogP contribution is -2.34. The molecular weight excluding hydrogens is 282 g/mol. The maximum Gasteiger partial charge on any atom is 0.0615 e. The molecule has 23 heavy (non-hydrogen) atoms. The Labute approximate surface area is 138 Å². The number of aliphatic hydroxyl groups is 1. The minimum absolute atomic E-state index is 0.0914. The van der Waals surface area contributed by atoms with Gasteiger partial charge in [0.05, 0.1) is 6.61 Å². The zero-order valence-corrected chi connectivity index (χ0v) is 13.4. The summed E-state index contributed by atoms with van der Waals surface area (Å²) in [7, 11) is 0. The minimum Gasteiger partial charge on any atom is -0.392 e. The van der Waals surface area contributed by atoms with Crippen LogP contribution in [-0.4, -0.2) is 29.7 Å². The monoisotopic (exact) mass is 305 g/mol. The zero-order valence-electron chi connectivity index (χ0n) is 13.4. The number of nitrogens with zero attached hydrogens (tertiary/aromatic N) is 1. The summed E-state index contributed by atoms with van der Waals surface area (Å²) in [5.74, 6) is 0.469. The van der Waals surface area contributed by atoms with Crippen LogP contribution in [0.2, 0.25) is 0 Å². The molecule has 2 aliphatic heterocycles. The van der Waals surface area contributed by atoms with Gasteiger partial charge in [-0.1, -0.05) is 60.7 Å². The van der Waals surface area contributed by atoms with Gasteiger partial charge in [0, 0.05) is 18.5 Å². The van der Waals surface area contributed by atoms with E-state index in [0.29, 0.717) is 12.0 Å². The molecule has 0 unspecified atom stereocenters. The smallest absolute Gasteiger partial charge is 0.0615 e. The first kappa shape index (κ1) is 14.7. The highest BCUT2D eigenvalue weighted by atomic mass is 16.2. The first-order valence-corrected chi connectivity index (χ1v) is 8.57. The molecule has 0 bridgehead atoms. The molecule has 2 aliphatic rings. The van der Waals surface area contributed by atoms with Gasteiger partial charge in [0.15, 0.2) is 0 Å². The van der Waals surface area contributed by atoms with Crippen LogP contribution in [0.5, 0.6) is 0 Å². The average Bonchev–Trinajstić information content (AvgIpc) is 3.08. The number of benzene rings is 2. The number of rotatable bonds is 3. The highest BCUT2D eigenvalue weighted by Crippen LogP contribution is 2.43. The summed E-state index contributed by atoms with van der Waals surface area (Å²) in [6.45, 7) is 2.45. The second-order valence-corrected chi connectivity index (χ2v) is 6.59. The summed E-state index contributed by atoms with van der Waals surface area (Å²) in [5.41, 5.74) is 5.58. The van der Waals surface area contributed by atoms with Gasteiger partial charge >= 0.3 is 0 Å². The van der Waals surface area contributed by atoms with Gasteiger partial charge in [-0.3, -0.25) is 4.90 Å². The van der Waals surface area contributed by atoms with Crippen molar-refractivity contribution in [2.45, 2.75) is 24.8 Å². The first-order chi connectivity index (χ1) is 11.4. The standard InChI is InChI=1S/C21H23NO/c23-14-4-5-16-9-11-17(12-10-16)20-15-22-13-3-8-21(22)19-7-2-1-6-18(19)20/h1-2,4-7,9-12,20-21,23H,3,8,13-15H2/b5-4-/t20-,21+/m0/s1. The van der Waals surface area contributed by atoms with Crippen molar-refractivity contribution in [1.82, 2.24) is 4.90 Å². The predicted octanol–water partition coefficient (Wildman–Crippen LogP) is 3.97. The molecule has 118 valence electrons. The molecule has 0 saturated carbocycles. The molecule has 2 aromatic carbocycles. The van der Waals surface area contributed by atoms with Gasteiger partial charge in [-0.2, -0.15) is 0 Å². The second kappa shape index (κ2) is 6.31. The van der Waals surface area contributed by atoms with E-state index in [1.807, 2.05) is 6.08 Å². The van der Waals surface area contributed by atoms with E-state index < -0.39 is 0 Å². The normalized spacial score (nSPS) is 23.9. The number of hydrogen-bond donors (Lipinski definition) is 1. The van der Waals surface area contributed by atoms with Crippen LogP contribution in [0.1, 0.15) is 47.1 Å². The third-order valence-electron chi connectivity index (χ3n) is 5.27. The third kappa shape index (κ3) is 2.73. The number of hydrogen-bond acceptors (Lipinski definition) is 2. The Morgan fingerprint density at radius 3 is 2.61 bits per heavy atom. The van der Waals surface area contributed by atoms with Crippen molar-refractivity contribution in [2.24, 2.45) is 0 Å². The molecule has 0 spiro atoms. The van der Waals surface area contributed by atoms with E-state index >= 15 is 0 Å². The summed E-state index contributed by atoms with van der Waals surface area (Å²) in [6, 6.07) is 18.4. The SMILES string of the molecule is OC/C=C\c1ccc([C@@H]2CN3CCC[C@@H]3c3ccccc32)cc1. The molecule has 2 heterocycles. The Hall–Kier alpha value is -1.90. The molecular formula is C21H23NO. The summed E-state index contributed by atoms with van der Waals surface area (Å²) in [6.07, 6.45) is 6.36. The van der Waals surface area contributed by atoms with Crippen molar-refractivity contribution in [3.05, 3.63) is 76.9 Å². The van der Waals surface area contributed by atoms with Crippen LogP contribution in [0, 0.1) is 0 Å². The number of fused-ring (bicyclic) bond motifs is 3. The van der Waals surface area contributed by atoms with Gasteiger partial charge in [0.1, 0.15) is 0 Å². The molecule has 2 aromatic rings. The largest absolute Gasteiger partial charge is 0.392 e. The predicted molar refractivity (Wildman–Crippen MR) is 94.4 cm³/mol. The number of aliphatic hydroxyl groups excluding tert-OH is 1. The molecule has 1 saturated heterocycles. The van der Waals surface area contributed by atoms with E-state index in [0.717, 1.165) is 12.1 Å². The highest BCUT2D eigenvalue weighted by Gasteiger charge is 2.35. The molecule has 2 heteroatoms. The van der Waals surface area contributed by atoms with Crippen LogP contribution < -0.4 is 0 Å². The van der Waals surface area contributed by atoms with Crippen molar-refractivity contribution >= 4 is 6.08 Å². The Morgan fingerprint density at radius 2 is 1.83 bits per heavy atom. The van der Waals surface area contributed by atoms with Gasteiger partial charge in [-0.15, -0.1) is 0 Å². The molecule has 0 aliphatic carbocycles. The lowest BCUT2D eigenvalue weighted by Gasteiger charge is -2.37. The van der Waals surface area contributed by atoms with Crippen molar-refractivity contribution in [2.75, 3.05) is 19.7 Å². The molecule has 0 radical (unpaired) electrons. The minimum atomic E-state index is 0.0914. The van der Waals surface area contributed by atoms with Gasteiger partial charge in [-0.25, -0.2) is 0 Å². The Morgan fingerprint density at radius 1 is 1.04 bits per heavy atom. The van der Waals surface area contributed by atoms with Crippen LogP contribution in [0.25, 0.3) is 6.08 Å². The molecule has 4 rings (SSSR count). The van der Waals surface area contributed by atoms with E-state index in [1.54, 1.807) is 6.08 Å². The lowest BCUT2D eigenvalue weighted by atomic mass is 9.81. The maximum absolute atomic E-state index is 8.89. The maximum atomic E-state index is 8.89. The van der Waals surface area contributed by atoms with Crippen LogP contribution in [-0.2, 0) is 0 Å². The second-order valence-electron chi connectivity index (χ2n) is 6.59. The average molecular weight is 305 g/mol. The van der Waals surface area contributed by atoms with Gasteiger partial charge in [-0.05, 0) is 41.6 Å². The fraction of sp³-hybridized carbons (Fsp3) is 0.333. The molecule has 0 amide bonds. The fourth-order valence-corrected chi connectivity index (χ4v) is 4.17. The zero-order chi connectivity index (χ0) is 15.6. The molecule has 1 fully saturated rings.